The first-order chi connectivity index (χ1) is 12.0. The Morgan fingerprint density at radius 3 is 2.56 bits per heavy atom. The van der Waals surface area contributed by atoms with Crippen LogP contribution in [0.5, 0.6) is 0 Å². The summed E-state index contributed by atoms with van der Waals surface area (Å²) < 4.78 is 10.3. The largest absolute Gasteiger partial charge is 0.468 e. The Morgan fingerprint density at radius 1 is 1.20 bits per heavy atom. The van der Waals surface area contributed by atoms with E-state index in [-0.39, 0.29) is 30.7 Å². The molecule has 2 rings (SSSR count). The minimum atomic E-state index is -1.05. The van der Waals surface area contributed by atoms with E-state index in [0.29, 0.717) is 32.1 Å². The predicted molar refractivity (Wildman–Crippen MR) is 92.6 cm³/mol. The molecule has 1 aliphatic rings. The molecule has 0 aliphatic heterocycles. The number of methoxy groups -OCH3 is 1. The maximum atomic E-state index is 12.6. The van der Waals surface area contributed by atoms with E-state index in [2.05, 4.69) is 0 Å². The molecule has 0 spiro atoms. The molecule has 0 radical (unpaired) electrons. The van der Waals surface area contributed by atoms with Gasteiger partial charge in [-0.15, -0.1) is 0 Å². The maximum absolute atomic E-state index is 12.6. The molecule has 2 atom stereocenters. The molecular weight excluding hydrogens is 320 g/mol. The average molecular weight is 346 g/mol. The van der Waals surface area contributed by atoms with Crippen LogP contribution in [0.1, 0.15) is 51.0 Å². The van der Waals surface area contributed by atoms with E-state index in [9.17, 15) is 14.4 Å². The number of benzene rings is 1. The van der Waals surface area contributed by atoms with Gasteiger partial charge in [-0.2, -0.15) is 0 Å². The fourth-order valence-corrected chi connectivity index (χ4v) is 3.49. The number of hydrogen-bond acceptors (Lipinski definition) is 5. The molecule has 0 heterocycles. The third-order valence-corrected chi connectivity index (χ3v) is 5.15. The maximum Gasteiger partial charge on any atom is 0.319 e. The summed E-state index contributed by atoms with van der Waals surface area (Å²) in [5.74, 6) is -1.13. The van der Waals surface area contributed by atoms with Gasteiger partial charge in [-0.1, -0.05) is 43.7 Å². The molecule has 0 saturated heterocycles. The molecule has 1 aliphatic carbocycles. The van der Waals surface area contributed by atoms with E-state index < -0.39 is 11.4 Å². The first-order valence-electron chi connectivity index (χ1n) is 8.85. The first kappa shape index (κ1) is 19.2. The highest BCUT2D eigenvalue weighted by Crippen LogP contribution is 2.37. The second kappa shape index (κ2) is 8.79. The molecule has 136 valence electrons. The fraction of sp³-hybridized carbons (Fsp3) is 0.550. The molecule has 5 nitrogen and oxygen atoms in total. The lowest BCUT2D eigenvalue weighted by molar-refractivity contribution is -0.160. The van der Waals surface area contributed by atoms with Crippen molar-refractivity contribution in [3.05, 3.63) is 35.9 Å². The second-order valence-electron chi connectivity index (χ2n) is 6.57. The number of carbonyl (C=O) groups excluding carboxylic acids is 3. The van der Waals surface area contributed by atoms with Gasteiger partial charge in [0.2, 0.25) is 0 Å². The van der Waals surface area contributed by atoms with Crippen molar-refractivity contribution in [1.29, 1.82) is 0 Å². The molecule has 5 heteroatoms. The zero-order valence-corrected chi connectivity index (χ0v) is 15.0. The van der Waals surface area contributed by atoms with E-state index in [1.165, 1.54) is 7.11 Å². The molecule has 0 bridgehead atoms. The number of ether oxygens (including phenoxy) is 2. The third kappa shape index (κ3) is 4.47. The lowest BCUT2D eigenvalue weighted by Gasteiger charge is -2.31. The Kier molecular flexibility index (Phi) is 6.73. The summed E-state index contributed by atoms with van der Waals surface area (Å²) >= 11 is 0. The minimum Gasteiger partial charge on any atom is -0.468 e. The van der Waals surface area contributed by atoms with Crippen LogP contribution in [0.25, 0.3) is 0 Å². The number of esters is 2. The quantitative estimate of drug-likeness (QED) is 0.603. The van der Waals surface area contributed by atoms with Gasteiger partial charge in [0, 0.05) is 6.42 Å². The van der Waals surface area contributed by atoms with E-state index in [1.807, 2.05) is 37.3 Å². The highest BCUT2D eigenvalue weighted by molar-refractivity contribution is 6.03. The van der Waals surface area contributed by atoms with Crippen LogP contribution in [0.2, 0.25) is 0 Å². The number of hydrogen-bond donors (Lipinski definition) is 0. The molecule has 1 aromatic carbocycles. The lowest BCUT2D eigenvalue weighted by atomic mass is 9.71. The van der Waals surface area contributed by atoms with Gasteiger partial charge in [-0.25, -0.2) is 0 Å². The summed E-state index contributed by atoms with van der Waals surface area (Å²) in [5, 5.41) is 0. The van der Waals surface area contributed by atoms with Crippen molar-refractivity contribution in [1.82, 2.24) is 0 Å². The van der Waals surface area contributed by atoms with Crippen LogP contribution in [0.3, 0.4) is 0 Å². The van der Waals surface area contributed by atoms with Gasteiger partial charge in [0.25, 0.3) is 0 Å². The molecule has 0 amide bonds. The van der Waals surface area contributed by atoms with Crippen molar-refractivity contribution in [2.75, 3.05) is 7.11 Å². The number of Topliss-reactive ketones (excluding diaryl/α,β-unsaturated/α-hetero) is 1. The van der Waals surface area contributed by atoms with Crippen LogP contribution >= 0.6 is 0 Å². The monoisotopic (exact) mass is 346 g/mol. The van der Waals surface area contributed by atoms with Gasteiger partial charge in [-0.05, 0) is 31.2 Å². The third-order valence-electron chi connectivity index (χ3n) is 5.15. The smallest absolute Gasteiger partial charge is 0.319 e. The van der Waals surface area contributed by atoms with Crippen molar-refractivity contribution < 1.29 is 23.9 Å². The van der Waals surface area contributed by atoms with Gasteiger partial charge in [0.1, 0.15) is 17.8 Å². The number of carbonyl (C=O) groups is 3. The molecule has 25 heavy (non-hydrogen) atoms. The van der Waals surface area contributed by atoms with E-state index in [4.69, 9.17) is 9.47 Å². The van der Waals surface area contributed by atoms with Crippen LogP contribution in [0, 0.1) is 11.3 Å². The highest BCUT2D eigenvalue weighted by Gasteiger charge is 2.45. The van der Waals surface area contributed by atoms with Crippen LogP contribution in [-0.2, 0) is 30.5 Å². The zero-order chi connectivity index (χ0) is 18.3. The fourth-order valence-electron chi connectivity index (χ4n) is 3.49. The Morgan fingerprint density at radius 2 is 1.92 bits per heavy atom. The normalized spacial score (nSPS) is 24.1. The molecular formula is C20H26O5. The Balaban J connectivity index is 1.95. The highest BCUT2D eigenvalue weighted by atomic mass is 16.5. The van der Waals surface area contributed by atoms with Crippen LogP contribution in [-0.4, -0.2) is 24.8 Å². The molecule has 1 fully saturated rings. The van der Waals surface area contributed by atoms with E-state index in [0.717, 1.165) is 5.56 Å². The summed E-state index contributed by atoms with van der Waals surface area (Å²) in [4.78, 5) is 37.1. The van der Waals surface area contributed by atoms with Crippen LogP contribution in [0.15, 0.2) is 30.3 Å². The van der Waals surface area contributed by atoms with Gasteiger partial charge < -0.3 is 9.47 Å². The van der Waals surface area contributed by atoms with Crippen LogP contribution in [0.4, 0.5) is 0 Å². The van der Waals surface area contributed by atoms with Crippen molar-refractivity contribution in [3.8, 4) is 0 Å². The average Bonchev–Trinajstić information content (AvgIpc) is 2.64. The number of rotatable bonds is 5. The lowest BCUT2D eigenvalue weighted by Crippen LogP contribution is -2.41. The van der Waals surface area contributed by atoms with Gasteiger partial charge in [0.15, 0.2) is 0 Å². The SMILES string of the molecule is CCC1(C(=O)OC)CCCC(C(=O)OCc2ccccc2)CCC1=O. The first-order valence-corrected chi connectivity index (χ1v) is 8.85. The van der Waals surface area contributed by atoms with Gasteiger partial charge in [-0.3, -0.25) is 14.4 Å². The van der Waals surface area contributed by atoms with Gasteiger partial charge in [0.05, 0.1) is 13.0 Å². The topological polar surface area (TPSA) is 69.7 Å². The standard InChI is InChI=1S/C20H26O5/c1-3-20(19(23)24-2)13-7-10-16(11-12-17(20)21)18(22)25-14-15-8-5-4-6-9-15/h4-6,8-9,16H,3,7,10-14H2,1-2H3. The van der Waals surface area contributed by atoms with Crippen molar-refractivity contribution >= 4 is 17.7 Å². The summed E-state index contributed by atoms with van der Waals surface area (Å²) in [7, 11) is 1.32. The van der Waals surface area contributed by atoms with Crippen molar-refractivity contribution in [3.63, 3.8) is 0 Å². The van der Waals surface area contributed by atoms with Crippen molar-refractivity contribution in [2.24, 2.45) is 11.3 Å². The minimum absolute atomic E-state index is 0.123. The molecule has 1 aromatic rings. The molecule has 0 N–H and O–H groups in total. The molecule has 2 unspecified atom stereocenters. The predicted octanol–water partition coefficient (Wildman–Crippen LogP) is 3.45. The van der Waals surface area contributed by atoms with E-state index >= 15 is 0 Å². The molecule has 1 saturated carbocycles. The van der Waals surface area contributed by atoms with Crippen molar-refractivity contribution in [2.45, 2.75) is 52.1 Å². The summed E-state index contributed by atoms with van der Waals surface area (Å²) in [6, 6.07) is 9.51. The Labute approximate surface area is 148 Å². The number of ketones is 1. The molecule has 0 aromatic heterocycles. The van der Waals surface area contributed by atoms with Gasteiger partial charge >= 0.3 is 11.9 Å². The summed E-state index contributed by atoms with van der Waals surface area (Å²) in [5.41, 5.74) is -0.110. The zero-order valence-electron chi connectivity index (χ0n) is 15.0. The Hall–Kier alpha value is -2.17. The second-order valence-corrected chi connectivity index (χ2v) is 6.57. The van der Waals surface area contributed by atoms with Crippen LogP contribution < -0.4 is 0 Å². The Bertz CT molecular complexity index is 610. The van der Waals surface area contributed by atoms with E-state index in [1.54, 1.807) is 0 Å². The summed E-state index contributed by atoms with van der Waals surface area (Å²) in [6.45, 7) is 2.08. The summed E-state index contributed by atoms with van der Waals surface area (Å²) in [6.07, 6.45) is 2.73.